The van der Waals surface area contributed by atoms with Gasteiger partial charge in [-0.3, -0.25) is 9.36 Å². The first kappa shape index (κ1) is 18.4. The maximum Gasteiger partial charge on any atom is 0.363 e. The van der Waals surface area contributed by atoms with Crippen LogP contribution in [-0.4, -0.2) is 36.2 Å². The molecule has 0 saturated heterocycles. The average molecular weight is 320 g/mol. The second-order valence-electron chi connectivity index (χ2n) is 5.54. The first-order chi connectivity index (χ1) is 9.64. The van der Waals surface area contributed by atoms with E-state index < -0.39 is 31.6 Å². The van der Waals surface area contributed by atoms with Crippen LogP contribution in [0.2, 0.25) is 0 Å². The molecular formula is C14H25O6P. The van der Waals surface area contributed by atoms with E-state index in [4.69, 9.17) is 18.5 Å². The second kappa shape index (κ2) is 7.54. The summed E-state index contributed by atoms with van der Waals surface area (Å²) in [6, 6.07) is 0. The van der Waals surface area contributed by atoms with E-state index in [9.17, 15) is 9.36 Å². The molecule has 0 radical (unpaired) electrons. The Balaban J connectivity index is 2.90. The quantitative estimate of drug-likeness (QED) is 0.425. The Hall–Kier alpha value is -0.680. The van der Waals surface area contributed by atoms with Gasteiger partial charge in [-0.05, 0) is 46.8 Å². The summed E-state index contributed by atoms with van der Waals surface area (Å²) in [5.74, 6) is -1.19. The molecule has 0 N–H and O–H groups in total. The lowest BCUT2D eigenvalue weighted by atomic mass is 10.2. The molecule has 0 aliphatic carbocycles. The summed E-state index contributed by atoms with van der Waals surface area (Å²) in [6.45, 7) is 10.2. The molecule has 1 rings (SSSR count). The van der Waals surface area contributed by atoms with E-state index in [2.05, 4.69) is 0 Å². The van der Waals surface area contributed by atoms with Crippen molar-refractivity contribution in [3.63, 3.8) is 0 Å². The van der Waals surface area contributed by atoms with Crippen molar-refractivity contribution in [2.75, 3.05) is 0 Å². The van der Waals surface area contributed by atoms with Crippen LogP contribution < -0.4 is 0 Å². The Kier molecular flexibility index (Phi) is 6.60. The molecule has 0 bridgehead atoms. The molecule has 0 amide bonds. The van der Waals surface area contributed by atoms with Crippen molar-refractivity contribution in [2.24, 2.45) is 0 Å². The zero-order valence-electron chi connectivity index (χ0n) is 13.4. The van der Waals surface area contributed by atoms with Gasteiger partial charge in [0.25, 0.3) is 0 Å². The minimum Gasteiger partial charge on any atom is -0.456 e. The van der Waals surface area contributed by atoms with Crippen LogP contribution in [0.3, 0.4) is 0 Å². The Morgan fingerprint density at radius 1 is 1.14 bits per heavy atom. The number of rotatable bonds is 6. The topological polar surface area (TPSA) is 71.1 Å². The second-order valence-corrected chi connectivity index (χ2v) is 7.55. The predicted octanol–water partition coefficient (Wildman–Crippen LogP) is 3.26. The molecule has 0 spiro atoms. The molecular weight excluding hydrogens is 295 g/mol. The molecule has 122 valence electrons. The third-order valence-corrected chi connectivity index (χ3v) is 4.96. The molecule has 0 aromatic heterocycles. The summed E-state index contributed by atoms with van der Waals surface area (Å²) in [7, 11) is -3.45. The molecule has 3 atom stereocenters. The van der Waals surface area contributed by atoms with E-state index in [1.807, 2.05) is 0 Å². The van der Waals surface area contributed by atoms with Crippen molar-refractivity contribution < 1.29 is 27.9 Å². The standard InChI is InChI=1S/C14H25O6P/c1-9(2)19-21(16,20-10(3)4)14-8-7-13(11(5)17-14)18-12(6)15/h7-11,13-14H,1-6H3/t11-,13+,14?/m0/s1. The van der Waals surface area contributed by atoms with Gasteiger partial charge < -0.3 is 18.5 Å². The fraction of sp³-hybridized carbons (Fsp3) is 0.786. The highest BCUT2D eigenvalue weighted by Crippen LogP contribution is 2.57. The third-order valence-electron chi connectivity index (χ3n) is 2.61. The lowest BCUT2D eigenvalue weighted by Gasteiger charge is -2.34. The Morgan fingerprint density at radius 3 is 2.05 bits per heavy atom. The van der Waals surface area contributed by atoms with Crippen molar-refractivity contribution in [1.82, 2.24) is 0 Å². The van der Waals surface area contributed by atoms with Crippen LogP contribution in [0.1, 0.15) is 41.5 Å². The fourth-order valence-electron chi connectivity index (χ4n) is 1.94. The summed E-state index contributed by atoms with van der Waals surface area (Å²) >= 11 is 0. The van der Waals surface area contributed by atoms with Crippen LogP contribution in [0.15, 0.2) is 12.2 Å². The van der Waals surface area contributed by atoms with Gasteiger partial charge in [-0.2, -0.15) is 0 Å². The fourth-order valence-corrected chi connectivity index (χ4v) is 4.06. The number of esters is 1. The normalized spacial score (nSPS) is 26.4. The highest BCUT2D eigenvalue weighted by atomic mass is 31.2. The van der Waals surface area contributed by atoms with Crippen molar-refractivity contribution in [3.8, 4) is 0 Å². The first-order valence-corrected chi connectivity index (χ1v) is 8.72. The van der Waals surface area contributed by atoms with Gasteiger partial charge in [0, 0.05) is 6.92 Å². The number of ether oxygens (including phenoxy) is 2. The minimum atomic E-state index is -3.45. The summed E-state index contributed by atoms with van der Waals surface area (Å²) < 4.78 is 34.7. The van der Waals surface area contributed by atoms with Gasteiger partial charge in [-0.15, -0.1) is 0 Å². The van der Waals surface area contributed by atoms with E-state index in [1.165, 1.54) is 6.92 Å². The van der Waals surface area contributed by atoms with Crippen LogP contribution in [0, 0.1) is 0 Å². The Morgan fingerprint density at radius 2 is 1.67 bits per heavy atom. The first-order valence-electron chi connectivity index (χ1n) is 7.11. The number of hydrogen-bond acceptors (Lipinski definition) is 6. The van der Waals surface area contributed by atoms with Gasteiger partial charge in [0.05, 0.1) is 18.3 Å². The molecule has 21 heavy (non-hydrogen) atoms. The molecule has 6 nitrogen and oxygen atoms in total. The molecule has 0 aromatic rings. The van der Waals surface area contributed by atoms with Gasteiger partial charge in [-0.25, -0.2) is 0 Å². The number of hydrogen-bond donors (Lipinski definition) is 0. The maximum absolute atomic E-state index is 12.9. The zero-order chi connectivity index (χ0) is 16.2. The van der Waals surface area contributed by atoms with Gasteiger partial charge in [-0.1, -0.05) is 0 Å². The van der Waals surface area contributed by atoms with Crippen molar-refractivity contribution >= 4 is 13.6 Å². The SMILES string of the molecule is CC(=O)O[C@@H]1C=CC(P(=O)(OC(C)C)OC(C)C)O[C@H]1C. The zero-order valence-corrected chi connectivity index (χ0v) is 14.3. The molecule has 1 aliphatic heterocycles. The lowest BCUT2D eigenvalue weighted by molar-refractivity contribution is -0.151. The monoisotopic (exact) mass is 320 g/mol. The van der Waals surface area contributed by atoms with E-state index >= 15 is 0 Å². The Labute approximate surface area is 126 Å². The summed E-state index contributed by atoms with van der Waals surface area (Å²) in [6.07, 6.45) is 1.81. The summed E-state index contributed by atoms with van der Waals surface area (Å²) in [4.78, 5) is 11.0. The third kappa shape index (κ3) is 5.55. The van der Waals surface area contributed by atoms with Crippen molar-refractivity contribution in [3.05, 3.63) is 12.2 Å². The molecule has 7 heteroatoms. The van der Waals surface area contributed by atoms with Gasteiger partial charge in [0.15, 0.2) is 5.85 Å². The van der Waals surface area contributed by atoms with Crippen LogP contribution in [-0.2, 0) is 27.9 Å². The largest absolute Gasteiger partial charge is 0.456 e. The summed E-state index contributed by atoms with van der Waals surface area (Å²) in [5.41, 5.74) is 0. The van der Waals surface area contributed by atoms with Gasteiger partial charge in [0.1, 0.15) is 6.10 Å². The highest BCUT2D eigenvalue weighted by Gasteiger charge is 2.41. The van der Waals surface area contributed by atoms with Crippen LogP contribution >= 0.6 is 7.60 Å². The molecule has 0 fully saturated rings. The molecule has 1 unspecified atom stereocenters. The van der Waals surface area contributed by atoms with Crippen LogP contribution in [0.25, 0.3) is 0 Å². The van der Waals surface area contributed by atoms with E-state index in [1.54, 1.807) is 46.8 Å². The van der Waals surface area contributed by atoms with Crippen molar-refractivity contribution in [2.45, 2.75) is 71.8 Å². The van der Waals surface area contributed by atoms with Crippen LogP contribution in [0.5, 0.6) is 0 Å². The molecule has 0 aromatic carbocycles. The van der Waals surface area contributed by atoms with E-state index in [0.29, 0.717) is 0 Å². The maximum atomic E-state index is 12.9. The molecule has 1 aliphatic rings. The van der Waals surface area contributed by atoms with Gasteiger partial charge in [0.2, 0.25) is 0 Å². The average Bonchev–Trinajstić information content (AvgIpc) is 2.28. The lowest BCUT2D eigenvalue weighted by Crippen LogP contribution is -2.36. The Bertz CT molecular complexity index is 417. The highest BCUT2D eigenvalue weighted by molar-refractivity contribution is 7.54. The smallest absolute Gasteiger partial charge is 0.363 e. The van der Waals surface area contributed by atoms with E-state index in [-0.39, 0.29) is 12.2 Å². The van der Waals surface area contributed by atoms with Crippen LogP contribution in [0.4, 0.5) is 0 Å². The predicted molar refractivity (Wildman–Crippen MR) is 79.1 cm³/mol. The summed E-state index contributed by atoms with van der Waals surface area (Å²) in [5, 5.41) is 0. The molecule has 1 heterocycles. The van der Waals surface area contributed by atoms with Crippen molar-refractivity contribution in [1.29, 1.82) is 0 Å². The number of carbonyl (C=O) groups is 1. The molecule has 0 saturated carbocycles. The van der Waals surface area contributed by atoms with E-state index in [0.717, 1.165) is 0 Å². The minimum absolute atomic E-state index is 0.256. The number of carbonyl (C=O) groups excluding carboxylic acids is 1. The van der Waals surface area contributed by atoms with Gasteiger partial charge >= 0.3 is 13.6 Å².